The molecule has 0 heterocycles. The van der Waals surface area contributed by atoms with E-state index < -0.39 is 0 Å². The van der Waals surface area contributed by atoms with Crippen molar-refractivity contribution in [2.45, 2.75) is 58.2 Å². The Kier molecular flexibility index (Phi) is 12.2. The highest BCUT2D eigenvalue weighted by atomic mass is 16.5. The second kappa shape index (κ2) is 12.3. The van der Waals surface area contributed by atoms with Crippen LogP contribution < -0.4 is 0 Å². The number of hydrogen-bond acceptors (Lipinski definition) is 4. The molecule has 4 heteroatoms. The molecule has 0 radical (unpaired) electrons. The van der Waals surface area contributed by atoms with E-state index in [4.69, 9.17) is 9.47 Å². The summed E-state index contributed by atoms with van der Waals surface area (Å²) in [6.07, 6.45) is 3.66. The summed E-state index contributed by atoms with van der Waals surface area (Å²) in [5, 5.41) is 18.8. The van der Waals surface area contributed by atoms with Crippen LogP contribution in [0.15, 0.2) is 0 Å². The highest BCUT2D eigenvalue weighted by Gasteiger charge is 2.03. The molecule has 0 aromatic rings. The maximum Gasteiger partial charge on any atom is 0.0773 e. The first-order chi connectivity index (χ1) is 8.20. The van der Waals surface area contributed by atoms with Gasteiger partial charge in [0.05, 0.1) is 25.4 Å². The van der Waals surface area contributed by atoms with Crippen LogP contribution in [0.3, 0.4) is 0 Å². The minimum Gasteiger partial charge on any atom is -0.391 e. The summed E-state index contributed by atoms with van der Waals surface area (Å²) in [7, 11) is 0. The number of aliphatic hydroxyl groups excluding tert-OH is 2. The number of hydrogen-bond donors (Lipinski definition) is 2. The van der Waals surface area contributed by atoms with E-state index in [1.807, 2.05) is 13.8 Å². The maximum absolute atomic E-state index is 9.39. The Morgan fingerprint density at radius 1 is 0.824 bits per heavy atom. The standard InChI is InChI=1S/C13H28O4/c1-3-6-12(14)10-16-8-5-9-17-11-13(15)7-4-2/h12-15H,3-11H2,1-2H3. The zero-order chi connectivity index (χ0) is 12.9. The lowest BCUT2D eigenvalue weighted by atomic mass is 10.2. The molecule has 0 bridgehead atoms. The van der Waals surface area contributed by atoms with Crippen molar-refractivity contribution in [1.82, 2.24) is 0 Å². The van der Waals surface area contributed by atoms with E-state index >= 15 is 0 Å². The van der Waals surface area contributed by atoms with Crippen molar-refractivity contribution in [1.29, 1.82) is 0 Å². The van der Waals surface area contributed by atoms with Crippen molar-refractivity contribution in [2.75, 3.05) is 26.4 Å². The fourth-order valence-corrected chi connectivity index (χ4v) is 1.53. The molecule has 0 saturated heterocycles. The first-order valence-corrected chi connectivity index (χ1v) is 6.72. The largest absolute Gasteiger partial charge is 0.391 e. The van der Waals surface area contributed by atoms with Crippen LogP contribution in [0.5, 0.6) is 0 Å². The zero-order valence-electron chi connectivity index (χ0n) is 11.2. The van der Waals surface area contributed by atoms with Gasteiger partial charge in [-0.3, -0.25) is 0 Å². The van der Waals surface area contributed by atoms with E-state index in [2.05, 4.69) is 0 Å². The molecular weight excluding hydrogens is 220 g/mol. The first-order valence-electron chi connectivity index (χ1n) is 6.72. The molecule has 2 atom stereocenters. The molecule has 104 valence electrons. The van der Waals surface area contributed by atoms with Crippen molar-refractivity contribution >= 4 is 0 Å². The molecule has 0 aliphatic heterocycles. The molecular formula is C13H28O4. The molecule has 0 fully saturated rings. The average molecular weight is 248 g/mol. The van der Waals surface area contributed by atoms with Crippen molar-refractivity contribution in [3.63, 3.8) is 0 Å². The van der Waals surface area contributed by atoms with E-state index in [-0.39, 0.29) is 12.2 Å². The fourth-order valence-electron chi connectivity index (χ4n) is 1.53. The third kappa shape index (κ3) is 12.1. The van der Waals surface area contributed by atoms with Gasteiger partial charge in [0.2, 0.25) is 0 Å². The summed E-state index contributed by atoms with van der Waals surface area (Å²) < 4.78 is 10.6. The summed E-state index contributed by atoms with van der Waals surface area (Å²) in [6.45, 7) is 6.10. The molecule has 0 amide bonds. The Balaban J connectivity index is 3.13. The monoisotopic (exact) mass is 248 g/mol. The Labute approximate surface area is 105 Å². The van der Waals surface area contributed by atoms with Gasteiger partial charge in [0, 0.05) is 13.2 Å². The average Bonchev–Trinajstić information content (AvgIpc) is 2.28. The molecule has 0 rings (SSSR count). The third-order valence-corrected chi connectivity index (χ3v) is 2.44. The van der Waals surface area contributed by atoms with E-state index in [9.17, 15) is 10.2 Å². The highest BCUT2D eigenvalue weighted by Crippen LogP contribution is 1.99. The quantitative estimate of drug-likeness (QED) is 0.516. The maximum atomic E-state index is 9.39. The predicted molar refractivity (Wildman–Crippen MR) is 68.1 cm³/mol. The molecule has 0 spiro atoms. The summed E-state index contributed by atoms with van der Waals surface area (Å²) >= 11 is 0. The highest BCUT2D eigenvalue weighted by molar-refractivity contribution is 4.53. The van der Waals surface area contributed by atoms with Gasteiger partial charge < -0.3 is 19.7 Å². The zero-order valence-corrected chi connectivity index (χ0v) is 11.2. The predicted octanol–water partition coefficient (Wildman–Crippen LogP) is 1.73. The van der Waals surface area contributed by atoms with Gasteiger partial charge in [-0.2, -0.15) is 0 Å². The van der Waals surface area contributed by atoms with Crippen LogP contribution in [0.4, 0.5) is 0 Å². The van der Waals surface area contributed by atoms with Gasteiger partial charge in [-0.05, 0) is 19.3 Å². The van der Waals surface area contributed by atoms with Crippen LogP contribution in [0, 0.1) is 0 Å². The van der Waals surface area contributed by atoms with Crippen LogP contribution >= 0.6 is 0 Å². The number of ether oxygens (including phenoxy) is 2. The third-order valence-electron chi connectivity index (χ3n) is 2.44. The lowest BCUT2D eigenvalue weighted by molar-refractivity contribution is 0.00482. The summed E-state index contributed by atoms with van der Waals surface area (Å²) in [4.78, 5) is 0. The minimum absolute atomic E-state index is 0.340. The Morgan fingerprint density at radius 2 is 1.24 bits per heavy atom. The van der Waals surface area contributed by atoms with Crippen molar-refractivity contribution in [2.24, 2.45) is 0 Å². The molecule has 0 aromatic carbocycles. The van der Waals surface area contributed by atoms with E-state index in [0.29, 0.717) is 26.4 Å². The smallest absolute Gasteiger partial charge is 0.0773 e. The van der Waals surface area contributed by atoms with Crippen LogP contribution in [0.2, 0.25) is 0 Å². The molecule has 0 aromatic heterocycles. The Morgan fingerprint density at radius 3 is 1.59 bits per heavy atom. The molecule has 17 heavy (non-hydrogen) atoms. The van der Waals surface area contributed by atoms with E-state index in [0.717, 1.165) is 32.1 Å². The Hall–Kier alpha value is -0.160. The van der Waals surface area contributed by atoms with E-state index in [1.54, 1.807) is 0 Å². The lowest BCUT2D eigenvalue weighted by Gasteiger charge is -2.11. The summed E-state index contributed by atoms with van der Waals surface area (Å²) in [5.41, 5.74) is 0. The second-order valence-electron chi connectivity index (χ2n) is 4.39. The number of aliphatic hydroxyl groups is 2. The molecule has 2 N–H and O–H groups in total. The second-order valence-corrected chi connectivity index (χ2v) is 4.39. The van der Waals surface area contributed by atoms with Crippen molar-refractivity contribution < 1.29 is 19.7 Å². The topological polar surface area (TPSA) is 58.9 Å². The van der Waals surface area contributed by atoms with Crippen LogP contribution in [-0.2, 0) is 9.47 Å². The van der Waals surface area contributed by atoms with Gasteiger partial charge in [-0.25, -0.2) is 0 Å². The van der Waals surface area contributed by atoms with Crippen LogP contribution in [0.25, 0.3) is 0 Å². The van der Waals surface area contributed by atoms with Crippen LogP contribution in [-0.4, -0.2) is 48.8 Å². The van der Waals surface area contributed by atoms with Gasteiger partial charge >= 0.3 is 0 Å². The van der Waals surface area contributed by atoms with Crippen molar-refractivity contribution in [3.8, 4) is 0 Å². The normalized spacial score (nSPS) is 14.8. The fraction of sp³-hybridized carbons (Fsp3) is 1.00. The van der Waals surface area contributed by atoms with Crippen molar-refractivity contribution in [3.05, 3.63) is 0 Å². The molecule has 2 unspecified atom stereocenters. The number of rotatable bonds is 12. The van der Waals surface area contributed by atoms with Gasteiger partial charge in [-0.15, -0.1) is 0 Å². The van der Waals surface area contributed by atoms with Crippen LogP contribution in [0.1, 0.15) is 46.0 Å². The van der Waals surface area contributed by atoms with Gasteiger partial charge in [-0.1, -0.05) is 26.7 Å². The molecule has 0 aliphatic carbocycles. The molecule has 4 nitrogen and oxygen atoms in total. The van der Waals surface area contributed by atoms with E-state index in [1.165, 1.54) is 0 Å². The molecule has 0 aliphatic rings. The Bertz CT molecular complexity index is 136. The lowest BCUT2D eigenvalue weighted by Crippen LogP contribution is -2.17. The minimum atomic E-state index is -0.340. The van der Waals surface area contributed by atoms with Gasteiger partial charge in [0.25, 0.3) is 0 Å². The summed E-state index contributed by atoms with van der Waals surface area (Å²) in [6, 6.07) is 0. The SMILES string of the molecule is CCCC(O)COCCCOCC(O)CCC. The molecule has 0 saturated carbocycles. The van der Waals surface area contributed by atoms with Gasteiger partial charge in [0.15, 0.2) is 0 Å². The van der Waals surface area contributed by atoms with Gasteiger partial charge in [0.1, 0.15) is 0 Å². The first kappa shape index (κ1) is 16.8. The summed E-state index contributed by atoms with van der Waals surface area (Å²) in [5.74, 6) is 0.